The van der Waals surface area contributed by atoms with Gasteiger partial charge in [-0.1, -0.05) is 23.2 Å². The monoisotopic (exact) mass is 384 g/mol. The van der Waals surface area contributed by atoms with Crippen LogP contribution in [0.3, 0.4) is 0 Å². The van der Waals surface area contributed by atoms with Crippen LogP contribution in [0.2, 0.25) is 10.0 Å². The number of hydrogen-bond acceptors (Lipinski definition) is 5. The molecule has 6 nitrogen and oxygen atoms in total. The molecule has 1 unspecified atom stereocenters. The lowest BCUT2D eigenvalue weighted by molar-refractivity contribution is -0.148. The molecule has 25 heavy (non-hydrogen) atoms. The summed E-state index contributed by atoms with van der Waals surface area (Å²) in [6.07, 6.45) is 2.72. The van der Waals surface area contributed by atoms with E-state index in [9.17, 15) is 9.59 Å². The zero-order valence-corrected chi connectivity index (χ0v) is 15.4. The fraction of sp³-hybridized carbons (Fsp3) is 0.471. The van der Waals surface area contributed by atoms with Crippen LogP contribution in [0.1, 0.15) is 32.7 Å². The minimum absolute atomic E-state index is 0.105. The second kappa shape index (κ2) is 7.22. The van der Waals surface area contributed by atoms with E-state index in [1.54, 1.807) is 18.5 Å². The van der Waals surface area contributed by atoms with Gasteiger partial charge in [-0.15, -0.1) is 0 Å². The Morgan fingerprint density at radius 3 is 2.60 bits per heavy atom. The summed E-state index contributed by atoms with van der Waals surface area (Å²) in [5.41, 5.74) is 1.55. The number of carbonyl (C=O) groups is 2. The first-order chi connectivity index (χ1) is 11.8. The van der Waals surface area contributed by atoms with E-state index in [4.69, 9.17) is 32.7 Å². The van der Waals surface area contributed by atoms with Gasteiger partial charge in [-0.05, 0) is 30.9 Å². The van der Waals surface area contributed by atoms with Gasteiger partial charge in [-0.25, -0.2) is 4.98 Å². The van der Waals surface area contributed by atoms with E-state index in [2.05, 4.69) is 4.98 Å². The molecule has 0 aliphatic heterocycles. The second-order valence-electron chi connectivity index (χ2n) is 6.26. The van der Waals surface area contributed by atoms with E-state index in [1.807, 2.05) is 4.57 Å². The van der Waals surface area contributed by atoms with Crippen LogP contribution in [0, 0.1) is 5.92 Å². The van der Waals surface area contributed by atoms with Gasteiger partial charge in [0.1, 0.15) is 6.10 Å². The summed E-state index contributed by atoms with van der Waals surface area (Å²) in [6.45, 7) is 3.08. The van der Waals surface area contributed by atoms with Gasteiger partial charge in [0, 0.05) is 13.8 Å². The highest BCUT2D eigenvalue weighted by Crippen LogP contribution is 2.39. The highest BCUT2D eigenvalue weighted by atomic mass is 35.5. The van der Waals surface area contributed by atoms with Crippen LogP contribution in [0.5, 0.6) is 0 Å². The van der Waals surface area contributed by atoms with Crippen molar-refractivity contribution in [1.82, 2.24) is 9.55 Å². The number of nitrogens with zero attached hydrogens (tertiary/aromatic N) is 2. The van der Waals surface area contributed by atoms with Gasteiger partial charge in [0.15, 0.2) is 0 Å². The van der Waals surface area contributed by atoms with Gasteiger partial charge in [0.2, 0.25) is 0 Å². The third kappa shape index (κ3) is 3.90. The summed E-state index contributed by atoms with van der Waals surface area (Å²) >= 11 is 12.2. The van der Waals surface area contributed by atoms with E-state index < -0.39 is 0 Å². The molecule has 1 aliphatic carbocycles. The Labute approximate surface area is 155 Å². The Morgan fingerprint density at radius 1 is 1.20 bits per heavy atom. The lowest BCUT2D eigenvalue weighted by Crippen LogP contribution is -2.23. The SMILES string of the molecule is CC(=O)OC[C@@H]1CC(OC(C)=O)[C@H](n2cnc3cc(Cl)c(Cl)cc32)C1. The van der Waals surface area contributed by atoms with E-state index in [0.717, 1.165) is 11.0 Å². The minimum atomic E-state index is -0.339. The van der Waals surface area contributed by atoms with E-state index in [1.165, 1.54) is 13.8 Å². The molecule has 3 atom stereocenters. The van der Waals surface area contributed by atoms with Crippen LogP contribution in [-0.2, 0) is 19.1 Å². The van der Waals surface area contributed by atoms with Crippen LogP contribution in [0.4, 0.5) is 0 Å². The maximum Gasteiger partial charge on any atom is 0.302 e. The van der Waals surface area contributed by atoms with E-state index in [0.29, 0.717) is 29.5 Å². The van der Waals surface area contributed by atoms with Crippen molar-refractivity contribution in [2.75, 3.05) is 6.61 Å². The Bertz CT molecular complexity index is 820. The van der Waals surface area contributed by atoms with Crippen molar-refractivity contribution in [3.8, 4) is 0 Å². The smallest absolute Gasteiger partial charge is 0.302 e. The largest absolute Gasteiger partial charge is 0.466 e. The number of fused-ring (bicyclic) bond motifs is 1. The third-order valence-corrected chi connectivity index (χ3v) is 5.11. The maximum atomic E-state index is 11.5. The number of aromatic nitrogens is 2. The normalized spacial score (nSPS) is 23.0. The molecular weight excluding hydrogens is 367 g/mol. The molecule has 1 heterocycles. The van der Waals surface area contributed by atoms with Gasteiger partial charge in [0.25, 0.3) is 0 Å². The van der Waals surface area contributed by atoms with Crippen LogP contribution >= 0.6 is 23.2 Å². The summed E-state index contributed by atoms with van der Waals surface area (Å²) in [4.78, 5) is 26.9. The van der Waals surface area contributed by atoms with Crippen LogP contribution in [0.15, 0.2) is 18.5 Å². The van der Waals surface area contributed by atoms with Crippen molar-refractivity contribution in [1.29, 1.82) is 0 Å². The maximum absolute atomic E-state index is 11.5. The lowest BCUT2D eigenvalue weighted by Gasteiger charge is -2.21. The van der Waals surface area contributed by atoms with Crippen LogP contribution in [0.25, 0.3) is 11.0 Å². The highest BCUT2D eigenvalue weighted by molar-refractivity contribution is 6.42. The van der Waals surface area contributed by atoms with Crippen molar-refractivity contribution in [2.24, 2.45) is 5.92 Å². The quantitative estimate of drug-likeness (QED) is 0.749. The Balaban J connectivity index is 1.91. The molecule has 0 saturated heterocycles. The standard InChI is InChI=1S/C17H18Cl2N2O4/c1-9(22)24-7-11-3-16(17(4-11)25-10(2)23)21-8-20-14-5-12(18)13(19)6-15(14)21/h5-6,8,11,16-17H,3-4,7H2,1-2H3/t11-,16+,17?/m0/s1. The molecule has 3 rings (SSSR count). The molecule has 0 N–H and O–H groups in total. The van der Waals surface area contributed by atoms with Gasteiger partial charge in [-0.3, -0.25) is 9.59 Å². The molecule has 1 fully saturated rings. The number of ether oxygens (including phenoxy) is 2. The fourth-order valence-corrected chi connectivity index (χ4v) is 3.68. The van der Waals surface area contributed by atoms with Crippen molar-refractivity contribution >= 4 is 46.2 Å². The van der Waals surface area contributed by atoms with Crippen molar-refractivity contribution in [3.05, 3.63) is 28.5 Å². The first-order valence-electron chi connectivity index (χ1n) is 7.97. The van der Waals surface area contributed by atoms with Gasteiger partial charge < -0.3 is 14.0 Å². The van der Waals surface area contributed by atoms with Crippen LogP contribution in [-0.4, -0.2) is 34.2 Å². The van der Waals surface area contributed by atoms with Crippen LogP contribution < -0.4 is 0 Å². The van der Waals surface area contributed by atoms with Gasteiger partial charge in [-0.2, -0.15) is 0 Å². The van der Waals surface area contributed by atoms with Crippen molar-refractivity contribution < 1.29 is 19.1 Å². The molecule has 0 amide bonds. The first kappa shape index (κ1) is 18.0. The molecule has 1 aromatic carbocycles. The molecule has 2 aromatic rings. The van der Waals surface area contributed by atoms with Crippen molar-refractivity contribution in [2.45, 2.75) is 38.8 Å². The molecule has 0 radical (unpaired) electrons. The Kier molecular flexibility index (Phi) is 5.20. The summed E-state index contributed by atoms with van der Waals surface area (Å²) in [6, 6.07) is 3.37. The highest BCUT2D eigenvalue weighted by Gasteiger charge is 2.38. The summed E-state index contributed by atoms with van der Waals surface area (Å²) < 4.78 is 12.6. The molecule has 134 valence electrons. The van der Waals surface area contributed by atoms with E-state index in [-0.39, 0.29) is 30.0 Å². The third-order valence-electron chi connectivity index (χ3n) is 4.38. The van der Waals surface area contributed by atoms with Gasteiger partial charge >= 0.3 is 11.9 Å². The van der Waals surface area contributed by atoms with Crippen molar-refractivity contribution in [3.63, 3.8) is 0 Å². The summed E-state index contributed by atoms with van der Waals surface area (Å²) in [5.74, 6) is -0.547. The molecule has 0 spiro atoms. The molecular formula is C17H18Cl2N2O4. The minimum Gasteiger partial charge on any atom is -0.466 e. The number of carbonyl (C=O) groups excluding carboxylic acids is 2. The molecule has 1 saturated carbocycles. The molecule has 8 heteroatoms. The fourth-order valence-electron chi connectivity index (χ4n) is 3.37. The summed E-state index contributed by atoms with van der Waals surface area (Å²) in [5, 5.41) is 0.879. The predicted octanol–water partition coefficient (Wildman–Crippen LogP) is 3.79. The molecule has 0 bridgehead atoms. The average molecular weight is 385 g/mol. The number of halogens is 2. The number of hydrogen-bond donors (Lipinski definition) is 0. The molecule has 1 aliphatic rings. The zero-order chi connectivity index (χ0) is 18.1. The topological polar surface area (TPSA) is 70.4 Å². The lowest BCUT2D eigenvalue weighted by atomic mass is 10.1. The zero-order valence-electron chi connectivity index (χ0n) is 13.9. The average Bonchev–Trinajstić information content (AvgIpc) is 3.09. The molecule has 1 aromatic heterocycles. The summed E-state index contributed by atoms with van der Waals surface area (Å²) in [7, 11) is 0. The number of imidazole rings is 1. The Hall–Kier alpha value is -1.79. The number of benzene rings is 1. The Morgan fingerprint density at radius 2 is 1.92 bits per heavy atom. The number of rotatable bonds is 4. The first-order valence-corrected chi connectivity index (χ1v) is 8.73. The van der Waals surface area contributed by atoms with E-state index >= 15 is 0 Å². The van der Waals surface area contributed by atoms with Gasteiger partial charge in [0.05, 0.1) is 40.1 Å². The predicted molar refractivity (Wildman–Crippen MR) is 93.7 cm³/mol. The second-order valence-corrected chi connectivity index (χ2v) is 7.08. The number of esters is 2.